The van der Waals surface area contributed by atoms with Gasteiger partial charge < -0.3 is 13.7 Å². The van der Waals surface area contributed by atoms with Crippen molar-refractivity contribution in [1.82, 2.24) is 9.55 Å². The van der Waals surface area contributed by atoms with Crippen molar-refractivity contribution in [2.75, 3.05) is 6.61 Å². The van der Waals surface area contributed by atoms with Crippen LogP contribution >= 0.6 is 0 Å². The number of hydrogen-bond donors (Lipinski definition) is 0. The number of para-hydroxylation sites is 2. The Balaban J connectivity index is 1.52. The molecule has 0 saturated carbocycles. The molecule has 2 aromatic carbocycles. The zero-order valence-electron chi connectivity index (χ0n) is 15.1. The van der Waals surface area contributed by atoms with Gasteiger partial charge in [-0.1, -0.05) is 24.3 Å². The number of rotatable bonds is 6. The molecule has 0 amide bonds. The van der Waals surface area contributed by atoms with E-state index in [-0.39, 0.29) is 0 Å². The molecule has 0 saturated heterocycles. The van der Waals surface area contributed by atoms with Gasteiger partial charge in [0.2, 0.25) is 0 Å². The van der Waals surface area contributed by atoms with Gasteiger partial charge in [0.05, 0.1) is 23.9 Å². The Bertz CT molecular complexity index is 1020. The van der Waals surface area contributed by atoms with Crippen LogP contribution in [0.3, 0.4) is 0 Å². The minimum atomic E-state index is 0.661. The molecule has 2 heterocycles. The zero-order chi connectivity index (χ0) is 17.9. The molecule has 0 unspecified atom stereocenters. The molecule has 26 heavy (non-hydrogen) atoms. The molecule has 4 aromatic rings. The highest BCUT2D eigenvalue weighted by Gasteiger charge is 2.14. The van der Waals surface area contributed by atoms with E-state index in [9.17, 15) is 0 Å². The van der Waals surface area contributed by atoms with E-state index >= 15 is 0 Å². The highest BCUT2D eigenvalue weighted by atomic mass is 16.5. The third kappa shape index (κ3) is 3.23. The van der Waals surface area contributed by atoms with E-state index in [0.717, 1.165) is 41.3 Å². The maximum atomic E-state index is 6.00. The maximum Gasteiger partial charge on any atom is 0.177 e. The van der Waals surface area contributed by atoms with Gasteiger partial charge in [-0.2, -0.15) is 0 Å². The Kier molecular flexibility index (Phi) is 4.48. The van der Waals surface area contributed by atoms with Gasteiger partial charge in [-0.05, 0) is 61.7 Å². The lowest BCUT2D eigenvalue weighted by Crippen LogP contribution is -2.06. The zero-order valence-corrected chi connectivity index (χ0v) is 15.1. The highest BCUT2D eigenvalue weighted by Crippen LogP contribution is 2.25. The van der Waals surface area contributed by atoms with E-state index in [0.29, 0.717) is 6.61 Å². The first-order valence-electron chi connectivity index (χ1n) is 8.91. The van der Waals surface area contributed by atoms with Crippen molar-refractivity contribution in [2.45, 2.75) is 26.8 Å². The van der Waals surface area contributed by atoms with Crippen LogP contribution in [-0.4, -0.2) is 16.2 Å². The van der Waals surface area contributed by atoms with Crippen LogP contribution in [0.1, 0.15) is 17.5 Å². The highest BCUT2D eigenvalue weighted by molar-refractivity contribution is 5.79. The largest absolute Gasteiger partial charge is 0.493 e. The van der Waals surface area contributed by atoms with Crippen LogP contribution < -0.4 is 4.74 Å². The average Bonchev–Trinajstić information content (AvgIpc) is 3.29. The molecule has 0 spiro atoms. The molecule has 0 atom stereocenters. The second-order valence-electron chi connectivity index (χ2n) is 6.52. The first-order valence-corrected chi connectivity index (χ1v) is 8.91. The Morgan fingerprint density at radius 1 is 1.04 bits per heavy atom. The summed E-state index contributed by atoms with van der Waals surface area (Å²) in [5.74, 6) is 2.62. The molecule has 132 valence electrons. The molecule has 0 fully saturated rings. The summed E-state index contributed by atoms with van der Waals surface area (Å²) in [5, 5.41) is 0. The van der Waals surface area contributed by atoms with Crippen molar-refractivity contribution in [3.05, 3.63) is 72.0 Å². The number of aryl methyl sites for hydroxylation is 3. The summed E-state index contributed by atoms with van der Waals surface area (Å²) in [6, 6.07) is 18.3. The van der Waals surface area contributed by atoms with Gasteiger partial charge in [-0.15, -0.1) is 0 Å². The van der Waals surface area contributed by atoms with Crippen molar-refractivity contribution < 1.29 is 9.15 Å². The topological polar surface area (TPSA) is 40.2 Å². The van der Waals surface area contributed by atoms with Gasteiger partial charge in [0.15, 0.2) is 11.6 Å². The Labute approximate surface area is 153 Å². The normalized spacial score (nSPS) is 11.2. The molecule has 4 nitrogen and oxygen atoms in total. The van der Waals surface area contributed by atoms with Gasteiger partial charge in [-0.3, -0.25) is 0 Å². The van der Waals surface area contributed by atoms with Crippen molar-refractivity contribution in [1.29, 1.82) is 0 Å². The van der Waals surface area contributed by atoms with Crippen LogP contribution in [0.15, 0.2) is 65.3 Å². The average molecular weight is 346 g/mol. The van der Waals surface area contributed by atoms with E-state index in [1.54, 1.807) is 6.26 Å². The lowest BCUT2D eigenvalue weighted by molar-refractivity contribution is 0.300. The predicted octanol–water partition coefficient (Wildman–Crippen LogP) is 5.38. The van der Waals surface area contributed by atoms with Crippen molar-refractivity contribution in [2.24, 2.45) is 0 Å². The fourth-order valence-corrected chi connectivity index (χ4v) is 3.16. The number of benzene rings is 2. The van der Waals surface area contributed by atoms with E-state index in [4.69, 9.17) is 14.1 Å². The van der Waals surface area contributed by atoms with E-state index in [1.165, 1.54) is 11.1 Å². The van der Waals surface area contributed by atoms with E-state index < -0.39 is 0 Å². The van der Waals surface area contributed by atoms with Crippen molar-refractivity contribution in [3.8, 4) is 17.3 Å². The Morgan fingerprint density at radius 2 is 1.92 bits per heavy atom. The standard InChI is InChI=1S/C22H22N2O2/c1-16-10-11-17(2)21(15-16)26-14-6-12-24-19-8-4-3-7-18(19)23-22(24)20-9-5-13-25-20/h3-5,7-11,13,15H,6,12,14H2,1-2H3. The van der Waals surface area contributed by atoms with Gasteiger partial charge in [-0.25, -0.2) is 4.98 Å². The molecule has 4 heteroatoms. The molecule has 2 aromatic heterocycles. The molecule has 4 rings (SSSR count). The van der Waals surface area contributed by atoms with Crippen molar-refractivity contribution >= 4 is 11.0 Å². The summed E-state index contributed by atoms with van der Waals surface area (Å²) in [4.78, 5) is 4.75. The number of aromatic nitrogens is 2. The first kappa shape index (κ1) is 16.5. The van der Waals surface area contributed by atoms with E-state index in [2.05, 4.69) is 42.7 Å². The second kappa shape index (κ2) is 7.08. The molecule has 0 bridgehead atoms. The Morgan fingerprint density at radius 3 is 2.77 bits per heavy atom. The monoisotopic (exact) mass is 346 g/mol. The van der Waals surface area contributed by atoms with Crippen LogP contribution in [0.4, 0.5) is 0 Å². The van der Waals surface area contributed by atoms with Gasteiger partial charge in [0, 0.05) is 6.54 Å². The lowest BCUT2D eigenvalue weighted by Gasteiger charge is -2.11. The third-order valence-electron chi connectivity index (χ3n) is 4.52. The summed E-state index contributed by atoms with van der Waals surface area (Å²) in [5.41, 5.74) is 4.48. The maximum absolute atomic E-state index is 6.00. The molecule has 0 aliphatic rings. The fraction of sp³-hybridized carbons (Fsp3) is 0.227. The second-order valence-corrected chi connectivity index (χ2v) is 6.52. The molecule has 0 aliphatic carbocycles. The summed E-state index contributed by atoms with van der Waals surface area (Å²) < 4.78 is 13.8. The van der Waals surface area contributed by atoms with Gasteiger partial charge in [0.25, 0.3) is 0 Å². The number of ether oxygens (including phenoxy) is 1. The summed E-state index contributed by atoms with van der Waals surface area (Å²) in [6.07, 6.45) is 2.57. The molecule has 0 aliphatic heterocycles. The number of furan rings is 1. The predicted molar refractivity (Wildman–Crippen MR) is 103 cm³/mol. The number of hydrogen-bond acceptors (Lipinski definition) is 3. The quantitative estimate of drug-likeness (QED) is 0.440. The fourth-order valence-electron chi connectivity index (χ4n) is 3.16. The smallest absolute Gasteiger partial charge is 0.177 e. The molecular weight excluding hydrogens is 324 g/mol. The van der Waals surface area contributed by atoms with Crippen LogP contribution in [0.5, 0.6) is 5.75 Å². The number of nitrogens with zero attached hydrogens (tertiary/aromatic N) is 2. The summed E-state index contributed by atoms with van der Waals surface area (Å²) >= 11 is 0. The van der Waals surface area contributed by atoms with Crippen LogP contribution in [0.2, 0.25) is 0 Å². The first-order chi connectivity index (χ1) is 12.7. The SMILES string of the molecule is Cc1ccc(C)c(OCCCn2c(-c3ccco3)nc3ccccc32)c1. The minimum Gasteiger partial charge on any atom is -0.493 e. The van der Waals surface area contributed by atoms with Crippen molar-refractivity contribution in [3.63, 3.8) is 0 Å². The molecule has 0 radical (unpaired) electrons. The van der Waals surface area contributed by atoms with Gasteiger partial charge in [0.1, 0.15) is 5.75 Å². The minimum absolute atomic E-state index is 0.661. The number of imidazole rings is 1. The summed E-state index contributed by atoms with van der Waals surface area (Å²) in [6.45, 7) is 5.64. The Hall–Kier alpha value is -3.01. The van der Waals surface area contributed by atoms with Crippen LogP contribution in [-0.2, 0) is 6.54 Å². The van der Waals surface area contributed by atoms with Crippen LogP contribution in [0, 0.1) is 13.8 Å². The summed E-state index contributed by atoms with van der Waals surface area (Å²) in [7, 11) is 0. The van der Waals surface area contributed by atoms with Gasteiger partial charge >= 0.3 is 0 Å². The lowest BCUT2D eigenvalue weighted by atomic mass is 10.1. The van der Waals surface area contributed by atoms with Crippen LogP contribution in [0.25, 0.3) is 22.6 Å². The molecule has 0 N–H and O–H groups in total. The third-order valence-corrected chi connectivity index (χ3v) is 4.52. The van der Waals surface area contributed by atoms with E-state index in [1.807, 2.05) is 30.3 Å². The molecular formula is C22H22N2O2. The number of fused-ring (bicyclic) bond motifs is 1.